The summed E-state index contributed by atoms with van der Waals surface area (Å²) in [6, 6.07) is 18.4. The lowest BCUT2D eigenvalue weighted by Gasteiger charge is -2.19. The zero-order valence-corrected chi connectivity index (χ0v) is 11.2. The van der Waals surface area contributed by atoms with Gasteiger partial charge < -0.3 is 15.8 Å². The minimum Gasteiger partial charge on any atom is -0.496 e. The summed E-state index contributed by atoms with van der Waals surface area (Å²) in [6.07, 6.45) is 0. The van der Waals surface area contributed by atoms with E-state index in [2.05, 4.69) is 17.4 Å². The first-order valence-corrected chi connectivity index (χ1v) is 6.45. The molecule has 3 N–H and O–H groups in total. The first-order chi connectivity index (χ1) is 9.35. The Balaban J connectivity index is 2.08. The molecule has 0 amide bonds. The molecule has 100 valence electrons. The molecule has 2 aromatic rings. The highest BCUT2D eigenvalue weighted by Crippen LogP contribution is 2.24. The van der Waals surface area contributed by atoms with Crippen molar-refractivity contribution in [2.75, 3.05) is 13.7 Å². The topological polar surface area (TPSA) is 47.3 Å². The Bertz CT molecular complexity index is 499. The molecule has 0 aromatic heterocycles. The van der Waals surface area contributed by atoms with Crippen molar-refractivity contribution in [3.05, 3.63) is 65.7 Å². The van der Waals surface area contributed by atoms with Crippen LogP contribution in [0.5, 0.6) is 5.75 Å². The van der Waals surface area contributed by atoms with Crippen molar-refractivity contribution in [3.8, 4) is 5.75 Å². The highest BCUT2D eigenvalue weighted by Gasteiger charge is 2.13. The van der Waals surface area contributed by atoms with Crippen LogP contribution in [-0.4, -0.2) is 13.7 Å². The minimum absolute atomic E-state index is 0.0938. The molecule has 0 aliphatic heterocycles. The van der Waals surface area contributed by atoms with Crippen LogP contribution in [0.15, 0.2) is 54.6 Å². The quantitative estimate of drug-likeness (QED) is 0.834. The number of ether oxygens (including phenoxy) is 1. The lowest BCUT2D eigenvalue weighted by Crippen LogP contribution is -2.28. The Kier molecular flexibility index (Phi) is 4.95. The highest BCUT2D eigenvalue weighted by molar-refractivity contribution is 5.36. The molecule has 0 spiro atoms. The van der Waals surface area contributed by atoms with E-state index in [9.17, 15) is 0 Å². The maximum atomic E-state index is 5.87. The second kappa shape index (κ2) is 6.92. The van der Waals surface area contributed by atoms with Gasteiger partial charge >= 0.3 is 0 Å². The Morgan fingerprint density at radius 1 is 1.05 bits per heavy atom. The van der Waals surface area contributed by atoms with Gasteiger partial charge in [0.05, 0.1) is 7.11 Å². The molecular weight excluding hydrogens is 236 g/mol. The van der Waals surface area contributed by atoms with Crippen molar-refractivity contribution in [2.45, 2.75) is 12.6 Å². The fraction of sp³-hybridized carbons (Fsp3) is 0.250. The number of rotatable bonds is 6. The third-order valence-electron chi connectivity index (χ3n) is 3.15. The van der Waals surface area contributed by atoms with Crippen LogP contribution in [0.4, 0.5) is 0 Å². The van der Waals surface area contributed by atoms with Gasteiger partial charge in [0.2, 0.25) is 0 Å². The third kappa shape index (κ3) is 3.56. The summed E-state index contributed by atoms with van der Waals surface area (Å²) >= 11 is 0. The molecule has 3 nitrogen and oxygen atoms in total. The lowest BCUT2D eigenvalue weighted by molar-refractivity contribution is 0.399. The van der Waals surface area contributed by atoms with Gasteiger partial charge in [-0.25, -0.2) is 0 Å². The molecule has 3 heteroatoms. The van der Waals surface area contributed by atoms with Crippen LogP contribution in [0.25, 0.3) is 0 Å². The standard InChI is InChI=1S/C16H20N2O/c1-19-16-10-6-5-9-14(16)15(11-17)18-12-13-7-3-2-4-8-13/h2-10,15,18H,11-12,17H2,1H3. The van der Waals surface area contributed by atoms with Gasteiger partial charge in [0.1, 0.15) is 5.75 Å². The molecule has 0 fully saturated rings. The number of methoxy groups -OCH3 is 1. The summed E-state index contributed by atoms with van der Waals surface area (Å²) in [5.41, 5.74) is 8.22. The van der Waals surface area contributed by atoms with Crippen LogP contribution in [0, 0.1) is 0 Å². The van der Waals surface area contributed by atoms with Crippen LogP contribution in [-0.2, 0) is 6.54 Å². The molecule has 1 unspecified atom stereocenters. The Hall–Kier alpha value is -1.84. The maximum absolute atomic E-state index is 5.87. The molecule has 0 radical (unpaired) electrons. The summed E-state index contributed by atoms with van der Waals surface area (Å²) in [5.74, 6) is 0.874. The van der Waals surface area contributed by atoms with Gasteiger partial charge in [-0.1, -0.05) is 48.5 Å². The zero-order chi connectivity index (χ0) is 13.5. The molecule has 19 heavy (non-hydrogen) atoms. The molecule has 2 rings (SSSR count). The maximum Gasteiger partial charge on any atom is 0.123 e. The molecule has 2 aromatic carbocycles. The van der Waals surface area contributed by atoms with Gasteiger partial charge in [-0.05, 0) is 11.6 Å². The van der Waals surface area contributed by atoms with Gasteiger partial charge in [-0.2, -0.15) is 0 Å². The largest absolute Gasteiger partial charge is 0.496 e. The fourth-order valence-corrected chi connectivity index (χ4v) is 2.11. The highest BCUT2D eigenvalue weighted by atomic mass is 16.5. The fourth-order valence-electron chi connectivity index (χ4n) is 2.11. The molecule has 0 heterocycles. The van der Waals surface area contributed by atoms with Crippen LogP contribution in [0.2, 0.25) is 0 Å². The Labute approximate surface area is 114 Å². The number of nitrogens with one attached hydrogen (secondary N) is 1. The van der Waals surface area contributed by atoms with E-state index in [1.807, 2.05) is 42.5 Å². The monoisotopic (exact) mass is 256 g/mol. The van der Waals surface area contributed by atoms with Gasteiger partial charge in [-0.15, -0.1) is 0 Å². The summed E-state index contributed by atoms with van der Waals surface area (Å²) in [7, 11) is 1.68. The average molecular weight is 256 g/mol. The first kappa shape index (κ1) is 13.6. The van der Waals surface area contributed by atoms with Gasteiger partial charge in [0.15, 0.2) is 0 Å². The predicted octanol–water partition coefficient (Wildman–Crippen LogP) is 2.48. The third-order valence-corrected chi connectivity index (χ3v) is 3.15. The number of benzene rings is 2. The predicted molar refractivity (Wildman–Crippen MR) is 78.1 cm³/mol. The molecular formula is C16H20N2O. The van der Waals surface area contributed by atoms with E-state index in [4.69, 9.17) is 10.5 Å². The molecule has 0 aliphatic carbocycles. The molecule has 0 aliphatic rings. The van der Waals surface area contributed by atoms with Crippen LogP contribution >= 0.6 is 0 Å². The summed E-state index contributed by atoms with van der Waals surface area (Å²) in [4.78, 5) is 0. The molecule has 0 bridgehead atoms. The van der Waals surface area contributed by atoms with E-state index in [0.717, 1.165) is 17.9 Å². The van der Waals surface area contributed by atoms with Gasteiger partial charge in [0.25, 0.3) is 0 Å². The van der Waals surface area contributed by atoms with E-state index in [1.54, 1.807) is 7.11 Å². The SMILES string of the molecule is COc1ccccc1C(CN)NCc1ccccc1. The average Bonchev–Trinajstić information content (AvgIpc) is 2.49. The summed E-state index contributed by atoms with van der Waals surface area (Å²) < 4.78 is 5.38. The first-order valence-electron chi connectivity index (χ1n) is 6.45. The smallest absolute Gasteiger partial charge is 0.123 e. The number of hydrogen-bond donors (Lipinski definition) is 2. The van der Waals surface area contributed by atoms with Gasteiger partial charge in [-0.3, -0.25) is 0 Å². The van der Waals surface area contributed by atoms with Crippen molar-refractivity contribution < 1.29 is 4.74 Å². The zero-order valence-electron chi connectivity index (χ0n) is 11.2. The van der Waals surface area contributed by atoms with Crippen molar-refractivity contribution in [1.82, 2.24) is 5.32 Å². The second-order valence-electron chi connectivity index (χ2n) is 4.40. The van der Waals surface area contributed by atoms with Crippen molar-refractivity contribution in [3.63, 3.8) is 0 Å². The van der Waals surface area contributed by atoms with Gasteiger partial charge in [0, 0.05) is 24.7 Å². The van der Waals surface area contributed by atoms with Crippen LogP contribution in [0.1, 0.15) is 17.2 Å². The van der Waals surface area contributed by atoms with E-state index >= 15 is 0 Å². The number of nitrogens with two attached hydrogens (primary N) is 1. The van der Waals surface area contributed by atoms with Crippen molar-refractivity contribution >= 4 is 0 Å². The minimum atomic E-state index is 0.0938. The Morgan fingerprint density at radius 2 is 1.74 bits per heavy atom. The van der Waals surface area contributed by atoms with Crippen molar-refractivity contribution in [1.29, 1.82) is 0 Å². The van der Waals surface area contributed by atoms with Crippen molar-refractivity contribution in [2.24, 2.45) is 5.73 Å². The number of hydrogen-bond acceptors (Lipinski definition) is 3. The number of para-hydroxylation sites is 1. The lowest BCUT2D eigenvalue weighted by atomic mass is 10.1. The summed E-state index contributed by atoms with van der Waals surface area (Å²) in [6.45, 7) is 1.33. The second-order valence-corrected chi connectivity index (χ2v) is 4.40. The van der Waals surface area contributed by atoms with E-state index < -0.39 is 0 Å². The van der Waals surface area contributed by atoms with E-state index in [1.165, 1.54) is 5.56 Å². The van der Waals surface area contributed by atoms with E-state index in [-0.39, 0.29) is 6.04 Å². The van der Waals surface area contributed by atoms with Crippen LogP contribution in [0.3, 0.4) is 0 Å². The normalized spacial score (nSPS) is 12.1. The molecule has 0 saturated heterocycles. The van der Waals surface area contributed by atoms with Crippen LogP contribution < -0.4 is 15.8 Å². The van der Waals surface area contributed by atoms with E-state index in [0.29, 0.717) is 6.54 Å². The molecule has 1 atom stereocenters. The molecule has 0 saturated carbocycles. The summed E-state index contributed by atoms with van der Waals surface area (Å²) in [5, 5.41) is 3.47. The Morgan fingerprint density at radius 3 is 2.42 bits per heavy atom.